The summed E-state index contributed by atoms with van der Waals surface area (Å²) in [4.78, 5) is 21.9. The number of carbonyl (C=O) groups is 1. The molecule has 2 aromatic heterocycles. The van der Waals surface area contributed by atoms with E-state index in [2.05, 4.69) is 16.0 Å². The molecule has 0 aliphatic heterocycles. The van der Waals surface area contributed by atoms with Crippen molar-refractivity contribution in [3.8, 4) is 0 Å². The third kappa shape index (κ3) is 2.43. The topological polar surface area (TPSA) is 68.9 Å². The number of nitrogens with zero attached hydrogens (tertiary/aromatic N) is 2. The third-order valence-electron chi connectivity index (χ3n) is 3.32. The first kappa shape index (κ1) is 12.4. The lowest BCUT2D eigenvalue weighted by molar-refractivity contribution is 0.102. The van der Waals surface area contributed by atoms with Crippen LogP contribution in [0.4, 0.5) is 0 Å². The Labute approximate surface area is 115 Å². The zero-order chi connectivity index (χ0) is 13.4. The van der Waals surface area contributed by atoms with Crippen molar-refractivity contribution in [2.75, 3.05) is 0 Å². The SMILES string of the molecule is CC(=O)c1cc2ncc(C3=CC(N)CCC3)nc2s1. The molecular weight excluding hydrogens is 258 g/mol. The van der Waals surface area contributed by atoms with E-state index >= 15 is 0 Å². The van der Waals surface area contributed by atoms with Crippen molar-refractivity contribution in [2.24, 2.45) is 5.73 Å². The van der Waals surface area contributed by atoms with Crippen molar-refractivity contribution in [3.63, 3.8) is 0 Å². The fourth-order valence-electron chi connectivity index (χ4n) is 2.31. The van der Waals surface area contributed by atoms with Crippen molar-refractivity contribution in [1.82, 2.24) is 9.97 Å². The highest BCUT2D eigenvalue weighted by molar-refractivity contribution is 7.20. The van der Waals surface area contributed by atoms with Crippen molar-refractivity contribution in [1.29, 1.82) is 0 Å². The quantitative estimate of drug-likeness (QED) is 0.854. The first-order valence-electron chi connectivity index (χ1n) is 6.37. The van der Waals surface area contributed by atoms with Gasteiger partial charge in [-0.15, -0.1) is 11.3 Å². The molecule has 2 heterocycles. The van der Waals surface area contributed by atoms with Crippen LogP contribution in [0.15, 0.2) is 18.3 Å². The summed E-state index contributed by atoms with van der Waals surface area (Å²) in [6, 6.07) is 1.93. The average Bonchev–Trinajstić information content (AvgIpc) is 2.81. The molecule has 0 aromatic carbocycles. The molecule has 3 rings (SSSR count). The lowest BCUT2D eigenvalue weighted by Gasteiger charge is -2.16. The number of nitrogens with two attached hydrogens (primary N) is 1. The number of ketones is 1. The summed E-state index contributed by atoms with van der Waals surface area (Å²) in [5, 5.41) is 0. The van der Waals surface area contributed by atoms with E-state index < -0.39 is 0 Å². The van der Waals surface area contributed by atoms with Crippen LogP contribution >= 0.6 is 11.3 Å². The normalized spacial score (nSPS) is 19.5. The maximum atomic E-state index is 11.4. The van der Waals surface area contributed by atoms with Gasteiger partial charge in [-0.1, -0.05) is 6.08 Å². The van der Waals surface area contributed by atoms with Gasteiger partial charge >= 0.3 is 0 Å². The summed E-state index contributed by atoms with van der Waals surface area (Å²) in [5.41, 5.74) is 8.80. The number of hydrogen-bond acceptors (Lipinski definition) is 5. The third-order valence-corrected chi connectivity index (χ3v) is 4.44. The number of rotatable bonds is 2. The molecule has 0 spiro atoms. The van der Waals surface area contributed by atoms with Gasteiger partial charge in [-0.25, -0.2) is 4.98 Å². The zero-order valence-electron chi connectivity index (χ0n) is 10.7. The van der Waals surface area contributed by atoms with Gasteiger partial charge < -0.3 is 5.73 Å². The molecule has 0 fully saturated rings. The summed E-state index contributed by atoms with van der Waals surface area (Å²) >= 11 is 1.40. The van der Waals surface area contributed by atoms with Gasteiger partial charge in [0.1, 0.15) is 10.3 Å². The van der Waals surface area contributed by atoms with Gasteiger partial charge in [0.25, 0.3) is 0 Å². The summed E-state index contributed by atoms with van der Waals surface area (Å²) in [7, 11) is 0. The molecule has 0 saturated heterocycles. The maximum Gasteiger partial charge on any atom is 0.169 e. The van der Waals surface area contributed by atoms with Crippen LogP contribution in [0, 0.1) is 0 Å². The van der Waals surface area contributed by atoms with Gasteiger partial charge in [0.15, 0.2) is 5.78 Å². The Morgan fingerprint density at radius 2 is 2.37 bits per heavy atom. The number of fused-ring (bicyclic) bond motifs is 1. The van der Waals surface area contributed by atoms with Crippen molar-refractivity contribution in [3.05, 3.63) is 28.9 Å². The van der Waals surface area contributed by atoms with E-state index in [4.69, 9.17) is 5.73 Å². The summed E-state index contributed by atoms with van der Waals surface area (Å²) in [5.74, 6) is 0.0604. The fourth-order valence-corrected chi connectivity index (χ4v) is 3.19. The molecule has 0 saturated carbocycles. The lowest BCUT2D eigenvalue weighted by atomic mass is 9.94. The van der Waals surface area contributed by atoms with Crippen LogP contribution in [0.25, 0.3) is 15.9 Å². The standard InChI is InChI=1S/C14H15N3OS/c1-8(18)13-6-11-14(19-13)17-12(7-16-11)9-3-2-4-10(15)5-9/h5-7,10H,2-4,15H2,1H3. The number of hydrogen-bond donors (Lipinski definition) is 1. The second-order valence-electron chi connectivity index (χ2n) is 4.86. The second kappa shape index (κ2) is 4.83. The molecule has 1 aliphatic rings. The Morgan fingerprint density at radius 1 is 1.53 bits per heavy atom. The molecule has 0 amide bonds. The molecule has 0 bridgehead atoms. The van der Waals surface area contributed by atoms with E-state index in [1.807, 2.05) is 0 Å². The van der Waals surface area contributed by atoms with E-state index in [0.717, 1.165) is 35.3 Å². The molecule has 1 unspecified atom stereocenters. The van der Waals surface area contributed by atoms with Crippen molar-refractivity contribution < 1.29 is 4.79 Å². The molecule has 5 heteroatoms. The van der Waals surface area contributed by atoms with Crippen molar-refractivity contribution >= 4 is 33.0 Å². The van der Waals surface area contributed by atoms with Gasteiger partial charge in [-0.2, -0.15) is 0 Å². The first-order valence-corrected chi connectivity index (χ1v) is 7.19. The van der Waals surface area contributed by atoms with E-state index in [9.17, 15) is 4.79 Å². The van der Waals surface area contributed by atoms with Crippen LogP contribution in [0.5, 0.6) is 0 Å². The number of allylic oxidation sites excluding steroid dienone is 1. The fraction of sp³-hybridized carbons (Fsp3) is 0.357. The van der Waals surface area contributed by atoms with Gasteiger partial charge in [-0.3, -0.25) is 9.78 Å². The van der Waals surface area contributed by atoms with Crippen LogP contribution in [-0.4, -0.2) is 21.8 Å². The Hall–Kier alpha value is -1.59. The summed E-state index contributed by atoms with van der Waals surface area (Å²) in [6.45, 7) is 1.56. The summed E-state index contributed by atoms with van der Waals surface area (Å²) in [6.07, 6.45) is 6.99. The minimum Gasteiger partial charge on any atom is -0.324 e. The van der Waals surface area contributed by atoms with E-state index in [1.54, 1.807) is 19.2 Å². The molecular formula is C14H15N3OS. The zero-order valence-corrected chi connectivity index (χ0v) is 11.5. The lowest BCUT2D eigenvalue weighted by Crippen LogP contribution is -2.20. The molecule has 1 atom stereocenters. The number of carbonyl (C=O) groups excluding carboxylic acids is 1. The van der Waals surface area contributed by atoms with Crippen LogP contribution in [-0.2, 0) is 0 Å². The van der Waals surface area contributed by atoms with E-state index in [0.29, 0.717) is 4.88 Å². The first-order chi connectivity index (χ1) is 9.13. The predicted molar refractivity (Wildman–Crippen MR) is 77.2 cm³/mol. The highest BCUT2D eigenvalue weighted by Gasteiger charge is 2.14. The van der Waals surface area contributed by atoms with Crippen LogP contribution in [0.1, 0.15) is 41.6 Å². The maximum absolute atomic E-state index is 11.4. The van der Waals surface area contributed by atoms with Gasteiger partial charge in [0.05, 0.1) is 16.8 Å². The number of Topliss-reactive ketones (excluding diaryl/α,β-unsaturated/α-hetero) is 1. The Kier molecular flexibility index (Phi) is 3.16. The molecule has 4 nitrogen and oxygen atoms in total. The van der Waals surface area contributed by atoms with Crippen LogP contribution < -0.4 is 5.73 Å². The Bertz CT molecular complexity index is 674. The molecule has 1 aliphatic carbocycles. The molecule has 2 aromatic rings. The second-order valence-corrected chi connectivity index (χ2v) is 5.89. The van der Waals surface area contributed by atoms with E-state index in [-0.39, 0.29) is 11.8 Å². The monoisotopic (exact) mass is 273 g/mol. The van der Waals surface area contributed by atoms with Crippen LogP contribution in [0.3, 0.4) is 0 Å². The molecule has 98 valence electrons. The Morgan fingerprint density at radius 3 is 3.11 bits per heavy atom. The van der Waals surface area contributed by atoms with Gasteiger partial charge in [0.2, 0.25) is 0 Å². The number of aromatic nitrogens is 2. The molecule has 19 heavy (non-hydrogen) atoms. The average molecular weight is 273 g/mol. The Balaban J connectivity index is 2.03. The van der Waals surface area contributed by atoms with E-state index in [1.165, 1.54) is 16.9 Å². The predicted octanol–water partition coefficient (Wildman–Crippen LogP) is 2.79. The largest absolute Gasteiger partial charge is 0.324 e. The highest BCUT2D eigenvalue weighted by Crippen LogP contribution is 2.28. The number of thiophene rings is 1. The smallest absolute Gasteiger partial charge is 0.169 e. The highest BCUT2D eigenvalue weighted by atomic mass is 32.1. The minimum absolute atomic E-state index is 0.0604. The molecule has 2 N–H and O–H groups in total. The van der Waals surface area contributed by atoms with Gasteiger partial charge in [-0.05, 0) is 37.8 Å². The minimum atomic E-state index is 0.0604. The van der Waals surface area contributed by atoms with Crippen LogP contribution in [0.2, 0.25) is 0 Å². The summed E-state index contributed by atoms with van der Waals surface area (Å²) < 4.78 is 0. The molecule has 0 radical (unpaired) electrons. The van der Waals surface area contributed by atoms with Gasteiger partial charge in [0, 0.05) is 6.04 Å². The van der Waals surface area contributed by atoms with Crippen molar-refractivity contribution in [2.45, 2.75) is 32.2 Å².